The third-order valence-corrected chi connectivity index (χ3v) is 4.37. The van der Waals surface area contributed by atoms with Crippen molar-refractivity contribution in [2.24, 2.45) is 0 Å². The molecule has 0 unspecified atom stereocenters. The normalized spacial score (nSPS) is 15.9. The van der Waals surface area contributed by atoms with Crippen LogP contribution in [0.2, 0.25) is 0 Å². The highest BCUT2D eigenvalue weighted by atomic mass is 19.1. The Hall–Kier alpha value is -3.49. The number of likely N-dealkylation sites (N-methyl/N-ethyl adjacent to an activating group) is 1. The van der Waals surface area contributed by atoms with E-state index >= 15 is 0 Å². The van der Waals surface area contributed by atoms with Gasteiger partial charge in [-0.2, -0.15) is 0 Å². The lowest BCUT2D eigenvalue weighted by atomic mass is 10.1. The number of ether oxygens (including phenoxy) is 1. The Morgan fingerprint density at radius 1 is 1.29 bits per heavy atom. The smallest absolute Gasteiger partial charge is 0.416 e. The zero-order chi connectivity index (χ0) is 20.4. The molecular weight excluding hydrogens is 367 g/mol. The third-order valence-electron chi connectivity index (χ3n) is 4.37. The molecule has 0 radical (unpaired) electrons. The lowest BCUT2D eigenvalue weighted by Gasteiger charge is -2.20. The van der Waals surface area contributed by atoms with Gasteiger partial charge in [0.05, 0.1) is 12.2 Å². The molecule has 2 aromatic rings. The quantitative estimate of drug-likeness (QED) is 0.872. The summed E-state index contributed by atoms with van der Waals surface area (Å²) in [5.41, 5.74) is 1.15. The average Bonchev–Trinajstić information content (AvgIpc) is 3.03. The lowest BCUT2D eigenvalue weighted by Crippen LogP contribution is -2.38. The molecule has 1 aromatic heterocycles. The van der Waals surface area contributed by atoms with Gasteiger partial charge < -0.3 is 15.0 Å². The number of carbonyl (C=O) groups is 3. The number of amides is 3. The summed E-state index contributed by atoms with van der Waals surface area (Å²) in [7, 11) is 1.53. The Labute approximate surface area is 160 Å². The highest BCUT2D eigenvalue weighted by Gasteiger charge is 2.36. The standard InChI is InChI=1S/C19H19FN4O4/c1-11(25)22-17-7-4-13(9-21-17)15-6-5-14(8-16(15)20)24-10-18(28-19(24)27)23(3)12(2)26/h4-9,18H,10H2,1-3H3,(H,21,22,25)/t18-/m0/s1. The predicted molar refractivity (Wildman–Crippen MR) is 100.0 cm³/mol. The van der Waals surface area contributed by atoms with Gasteiger partial charge in [-0.15, -0.1) is 0 Å². The first kappa shape index (κ1) is 19.3. The summed E-state index contributed by atoms with van der Waals surface area (Å²) in [4.78, 5) is 41.2. The minimum Gasteiger partial charge on any atom is -0.423 e. The van der Waals surface area contributed by atoms with Crippen molar-refractivity contribution in [2.75, 3.05) is 23.8 Å². The summed E-state index contributed by atoms with van der Waals surface area (Å²) in [6, 6.07) is 7.57. The summed E-state index contributed by atoms with van der Waals surface area (Å²) in [5.74, 6) is -0.658. The van der Waals surface area contributed by atoms with Gasteiger partial charge in [0.2, 0.25) is 11.8 Å². The highest BCUT2D eigenvalue weighted by molar-refractivity contribution is 5.91. The summed E-state index contributed by atoms with van der Waals surface area (Å²) in [6.07, 6.45) is 0.0792. The van der Waals surface area contributed by atoms with Crippen molar-refractivity contribution in [1.82, 2.24) is 9.88 Å². The van der Waals surface area contributed by atoms with Crippen LogP contribution in [0.15, 0.2) is 36.5 Å². The highest BCUT2D eigenvalue weighted by Crippen LogP contribution is 2.29. The van der Waals surface area contributed by atoms with Crippen molar-refractivity contribution in [3.63, 3.8) is 0 Å². The Bertz CT molecular complexity index is 932. The van der Waals surface area contributed by atoms with E-state index in [1.807, 2.05) is 0 Å². The molecule has 2 heterocycles. The average molecular weight is 386 g/mol. The minimum atomic E-state index is -0.724. The van der Waals surface area contributed by atoms with E-state index in [0.29, 0.717) is 22.6 Å². The van der Waals surface area contributed by atoms with Gasteiger partial charge in [0, 0.05) is 38.2 Å². The summed E-state index contributed by atoms with van der Waals surface area (Å²) < 4.78 is 19.8. The number of nitrogens with zero attached hydrogens (tertiary/aromatic N) is 3. The van der Waals surface area contributed by atoms with Gasteiger partial charge in [0.1, 0.15) is 11.6 Å². The van der Waals surface area contributed by atoms with Crippen LogP contribution in [0.5, 0.6) is 0 Å². The Kier molecular flexibility index (Phi) is 5.25. The van der Waals surface area contributed by atoms with E-state index in [0.717, 1.165) is 0 Å². The molecule has 1 saturated heterocycles. The maximum atomic E-state index is 14.7. The van der Waals surface area contributed by atoms with Gasteiger partial charge in [-0.05, 0) is 30.3 Å². The fraction of sp³-hybridized carbons (Fsp3) is 0.263. The van der Waals surface area contributed by atoms with E-state index in [2.05, 4.69) is 10.3 Å². The number of rotatable bonds is 4. The van der Waals surface area contributed by atoms with E-state index in [-0.39, 0.29) is 18.4 Å². The summed E-state index contributed by atoms with van der Waals surface area (Å²) in [5, 5.41) is 2.54. The fourth-order valence-corrected chi connectivity index (χ4v) is 2.78. The first-order chi connectivity index (χ1) is 13.3. The van der Waals surface area contributed by atoms with Gasteiger partial charge in [-0.25, -0.2) is 14.2 Å². The van der Waals surface area contributed by atoms with Crippen molar-refractivity contribution in [2.45, 2.75) is 20.1 Å². The molecule has 1 aliphatic rings. The van der Waals surface area contributed by atoms with Crippen LogP contribution in [-0.4, -0.2) is 47.6 Å². The van der Waals surface area contributed by atoms with Crippen LogP contribution in [-0.2, 0) is 14.3 Å². The molecular formula is C19H19FN4O4. The first-order valence-corrected chi connectivity index (χ1v) is 8.51. The van der Waals surface area contributed by atoms with Crippen LogP contribution in [0.1, 0.15) is 13.8 Å². The second kappa shape index (κ2) is 7.63. The second-order valence-electron chi connectivity index (χ2n) is 6.36. The number of pyridine rings is 1. The van der Waals surface area contributed by atoms with Gasteiger partial charge in [0.25, 0.3) is 0 Å². The van der Waals surface area contributed by atoms with E-state index in [9.17, 15) is 18.8 Å². The number of halogens is 1. The monoisotopic (exact) mass is 386 g/mol. The number of hydrogen-bond acceptors (Lipinski definition) is 5. The maximum absolute atomic E-state index is 14.7. The molecule has 3 rings (SSSR count). The molecule has 3 amide bonds. The van der Waals surface area contributed by atoms with Crippen LogP contribution >= 0.6 is 0 Å². The van der Waals surface area contributed by atoms with Crippen LogP contribution < -0.4 is 10.2 Å². The molecule has 1 atom stereocenters. The summed E-state index contributed by atoms with van der Waals surface area (Å²) in [6.45, 7) is 2.85. The number of carbonyl (C=O) groups excluding carboxylic acids is 3. The Morgan fingerprint density at radius 2 is 2.04 bits per heavy atom. The summed E-state index contributed by atoms with van der Waals surface area (Å²) >= 11 is 0. The van der Waals surface area contributed by atoms with Crippen molar-refractivity contribution < 1.29 is 23.5 Å². The van der Waals surface area contributed by atoms with E-state index in [4.69, 9.17) is 4.74 Å². The molecule has 0 spiro atoms. The van der Waals surface area contributed by atoms with Crippen LogP contribution in [0.4, 0.5) is 20.7 Å². The zero-order valence-corrected chi connectivity index (χ0v) is 15.6. The molecule has 28 heavy (non-hydrogen) atoms. The Morgan fingerprint density at radius 3 is 2.61 bits per heavy atom. The van der Waals surface area contributed by atoms with Crippen molar-refractivity contribution >= 4 is 29.4 Å². The largest absolute Gasteiger partial charge is 0.423 e. The van der Waals surface area contributed by atoms with Gasteiger partial charge in [-0.3, -0.25) is 14.5 Å². The SMILES string of the molecule is CC(=O)Nc1ccc(-c2ccc(N3C[C@@H](N(C)C(C)=O)OC3=O)cc2F)cn1. The predicted octanol–water partition coefficient (Wildman–Crippen LogP) is 2.61. The first-order valence-electron chi connectivity index (χ1n) is 8.51. The van der Waals surface area contributed by atoms with Crippen molar-refractivity contribution in [3.05, 3.63) is 42.3 Å². The lowest BCUT2D eigenvalue weighted by molar-refractivity contribution is -0.134. The molecule has 9 heteroatoms. The number of nitrogens with one attached hydrogen (secondary N) is 1. The minimum absolute atomic E-state index is 0.112. The fourth-order valence-electron chi connectivity index (χ4n) is 2.78. The number of hydrogen-bond donors (Lipinski definition) is 1. The number of aromatic nitrogens is 1. The molecule has 0 saturated carbocycles. The number of cyclic esters (lactones) is 1. The van der Waals surface area contributed by atoms with Crippen LogP contribution in [0.3, 0.4) is 0 Å². The van der Waals surface area contributed by atoms with Crippen LogP contribution in [0.25, 0.3) is 11.1 Å². The topological polar surface area (TPSA) is 91.8 Å². The molecule has 1 aliphatic heterocycles. The zero-order valence-electron chi connectivity index (χ0n) is 15.6. The number of benzene rings is 1. The molecule has 146 valence electrons. The maximum Gasteiger partial charge on any atom is 0.416 e. The molecule has 1 N–H and O–H groups in total. The molecule has 0 aliphatic carbocycles. The molecule has 1 aromatic carbocycles. The van der Waals surface area contributed by atoms with Crippen molar-refractivity contribution in [3.8, 4) is 11.1 Å². The van der Waals surface area contributed by atoms with Crippen molar-refractivity contribution in [1.29, 1.82) is 0 Å². The number of anilines is 2. The van der Waals surface area contributed by atoms with Gasteiger partial charge in [0.15, 0.2) is 6.23 Å². The van der Waals surface area contributed by atoms with E-state index in [1.54, 1.807) is 18.2 Å². The van der Waals surface area contributed by atoms with Gasteiger partial charge >= 0.3 is 6.09 Å². The van der Waals surface area contributed by atoms with E-state index in [1.165, 1.54) is 49.0 Å². The second-order valence-corrected chi connectivity index (χ2v) is 6.36. The van der Waals surface area contributed by atoms with E-state index < -0.39 is 18.1 Å². The molecule has 1 fully saturated rings. The van der Waals surface area contributed by atoms with Crippen LogP contribution in [0, 0.1) is 5.82 Å². The molecule has 8 nitrogen and oxygen atoms in total. The Balaban J connectivity index is 1.80. The molecule has 0 bridgehead atoms. The van der Waals surface area contributed by atoms with Gasteiger partial charge in [-0.1, -0.05) is 0 Å². The third kappa shape index (κ3) is 3.93.